The summed E-state index contributed by atoms with van der Waals surface area (Å²) < 4.78 is 2.06. The number of hydrogen-bond donors (Lipinski definition) is 1. The summed E-state index contributed by atoms with van der Waals surface area (Å²) in [4.78, 5) is 6.71. The lowest BCUT2D eigenvalue weighted by Crippen LogP contribution is -2.27. The van der Waals surface area contributed by atoms with E-state index in [-0.39, 0.29) is 0 Å². The highest BCUT2D eigenvalue weighted by Crippen LogP contribution is 2.17. The molecule has 0 unspecified atom stereocenters. The number of aryl methyl sites for hydroxylation is 2. The zero-order valence-electron chi connectivity index (χ0n) is 8.20. The minimum atomic E-state index is 0.317. The molecule has 1 aromatic heterocycles. The lowest BCUT2D eigenvalue weighted by molar-refractivity contribution is 0.746. The molecule has 2 heterocycles. The molecular weight excluding hydrogens is 164 g/mol. The van der Waals surface area contributed by atoms with E-state index in [4.69, 9.17) is 5.73 Å². The molecule has 1 fully saturated rings. The fourth-order valence-corrected chi connectivity index (χ4v) is 1.87. The summed E-state index contributed by atoms with van der Waals surface area (Å²) in [7, 11) is 2.03. The van der Waals surface area contributed by atoms with Gasteiger partial charge in [0, 0.05) is 32.4 Å². The van der Waals surface area contributed by atoms with E-state index in [0.717, 1.165) is 31.2 Å². The number of imidazole rings is 1. The Labute approximate surface area is 78.4 Å². The average Bonchev–Trinajstić information content (AvgIpc) is 2.58. The number of hydrogen-bond acceptors (Lipinski definition) is 3. The smallest absolute Gasteiger partial charge is 0.205 e. The molecule has 2 N–H and O–H groups in total. The molecule has 0 spiro atoms. The van der Waals surface area contributed by atoms with Gasteiger partial charge in [-0.2, -0.15) is 0 Å². The minimum Gasteiger partial charge on any atom is -0.341 e. The highest BCUT2D eigenvalue weighted by atomic mass is 15.3. The Morgan fingerprint density at radius 2 is 2.38 bits per heavy atom. The molecule has 0 bridgehead atoms. The molecule has 0 saturated carbocycles. The third-order valence-corrected chi connectivity index (χ3v) is 2.48. The first kappa shape index (κ1) is 8.56. The second-order valence-corrected chi connectivity index (χ2v) is 3.79. The summed E-state index contributed by atoms with van der Waals surface area (Å²) in [5.74, 6) is 1.05. The van der Waals surface area contributed by atoms with Crippen LogP contribution in [0.2, 0.25) is 0 Å². The Morgan fingerprint density at radius 1 is 1.62 bits per heavy atom. The van der Waals surface area contributed by atoms with Crippen LogP contribution in [-0.4, -0.2) is 28.7 Å². The van der Waals surface area contributed by atoms with Gasteiger partial charge in [0.25, 0.3) is 0 Å². The van der Waals surface area contributed by atoms with Crippen LogP contribution in [0.15, 0.2) is 6.20 Å². The Morgan fingerprint density at radius 3 is 2.85 bits per heavy atom. The highest BCUT2D eigenvalue weighted by molar-refractivity contribution is 5.35. The molecule has 0 radical (unpaired) electrons. The predicted molar refractivity (Wildman–Crippen MR) is 52.8 cm³/mol. The van der Waals surface area contributed by atoms with Crippen molar-refractivity contribution >= 4 is 5.95 Å². The van der Waals surface area contributed by atoms with Crippen LogP contribution in [0.25, 0.3) is 0 Å². The molecule has 4 heteroatoms. The maximum absolute atomic E-state index is 5.84. The first-order chi connectivity index (χ1) is 6.16. The van der Waals surface area contributed by atoms with Crippen LogP contribution in [0.1, 0.15) is 12.1 Å². The monoisotopic (exact) mass is 180 g/mol. The van der Waals surface area contributed by atoms with Crippen LogP contribution < -0.4 is 10.6 Å². The van der Waals surface area contributed by atoms with Crippen molar-refractivity contribution in [2.75, 3.05) is 18.0 Å². The Balaban J connectivity index is 2.20. The standard InChI is InChI=1S/C9H16N4/c1-7-5-12(2)9(11-7)13-4-3-8(10)6-13/h5,8H,3-4,6,10H2,1-2H3/t8-/m1/s1. The zero-order valence-corrected chi connectivity index (χ0v) is 8.20. The first-order valence-corrected chi connectivity index (χ1v) is 4.67. The molecule has 1 aromatic rings. The topological polar surface area (TPSA) is 47.1 Å². The molecule has 0 aromatic carbocycles. The van der Waals surface area contributed by atoms with Crippen molar-refractivity contribution in [3.8, 4) is 0 Å². The van der Waals surface area contributed by atoms with Gasteiger partial charge in [0.1, 0.15) is 0 Å². The Kier molecular flexibility index (Phi) is 2.00. The summed E-state index contributed by atoms with van der Waals surface area (Å²) in [6, 6.07) is 0.317. The summed E-state index contributed by atoms with van der Waals surface area (Å²) in [6.45, 7) is 3.98. The SMILES string of the molecule is Cc1cn(C)c(N2CC[C@@H](N)C2)n1. The third-order valence-electron chi connectivity index (χ3n) is 2.48. The number of rotatable bonds is 1. The Bertz CT molecular complexity index is 305. The van der Waals surface area contributed by atoms with Crippen molar-refractivity contribution in [1.29, 1.82) is 0 Å². The second-order valence-electron chi connectivity index (χ2n) is 3.79. The number of anilines is 1. The average molecular weight is 180 g/mol. The second kappa shape index (κ2) is 3.03. The molecule has 1 saturated heterocycles. The fraction of sp³-hybridized carbons (Fsp3) is 0.667. The van der Waals surface area contributed by atoms with Crippen LogP contribution in [0.3, 0.4) is 0 Å². The van der Waals surface area contributed by atoms with Crippen LogP contribution in [0, 0.1) is 6.92 Å². The number of aromatic nitrogens is 2. The van der Waals surface area contributed by atoms with E-state index < -0.39 is 0 Å². The van der Waals surface area contributed by atoms with Gasteiger partial charge in [-0.15, -0.1) is 0 Å². The molecule has 72 valence electrons. The van der Waals surface area contributed by atoms with Crippen molar-refractivity contribution in [2.24, 2.45) is 12.8 Å². The number of nitrogens with zero attached hydrogens (tertiary/aromatic N) is 3. The van der Waals surface area contributed by atoms with E-state index in [1.807, 2.05) is 20.2 Å². The summed E-state index contributed by atoms with van der Waals surface area (Å²) in [6.07, 6.45) is 3.12. The Hall–Kier alpha value is -1.03. The molecule has 1 aliphatic heterocycles. The van der Waals surface area contributed by atoms with E-state index in [0.29, 0.717) is 6.04 Å². The van der Waals surface area contributed by atoms with Crippen LogP contribution in [0.4, 0.5) is 5.95 Å². The van der Waals surface area contributed by atoms with E-state index >= 15 is 0 Å². The van der Waals surface area contributed by atoms with E-state index in [1.165, 1.54) is 0 Å². The molecule has 13 heavy (non-hydrogen) atoms. The molecule has 4 nitrogen and oxygen atoms in total. The van der Waals surface area contributed by atoms with Gasteiger partial charge in [0.2, 0.25) is 5.95 Å². The molecule has 1 atom stereocenters. The maximum atomic E-state index is 5.84. The third kappa shape index (κ3) is 1.54. The summed E-state index contributed by atoms with van der Waals surface area (Å²) in [5.41, 5.74) is 6.91. The quantitative estimate of drug-likeness (QED) is 0.674. The van der Waals surface area contributed by atoms with Gasteiger partial charge in [-0.1, -0.05) is 0 Å². The highest BCUT2D eigenvalue weighted by Gasteiger charge is 2.22. The summed E-state index contributed by atoms with van der Waals surface area (Å²) >= 11 is 0. The van der Waals surface area contributed by atoms with Gasteiger partial charge in [-0.05, 0) is 13.3 Å². The van der Waals surface area contributed by atoms with Crippen LogP contribution in [-0.2, 0) is 7.05 Å². The van der Waals surface area contributed by atoms with Gasteiger partial charge >= 0.3 is 0 Å². The van der Waals surface area contributed by atoms with Crippen LogP contribution in [0.5, 0.6) is 0 Å². The summed E-state index contributed by atoms with van der Waals surface area (Å²) in [5, 5.41) is 0. The lowest BCUT2D eigenvalue weighted by atomic mass is 10.3. The van der Waals surface area contributed by atoms with Crippen molar-refractivity contribution in [2.45, 2.75) is 19.4 Å². The molecule has 1 aliphatic rings. The van der Waals surface area contributed by atoms with Crippen molar-refractivity contribution < 1.29 is 0 Å². The van der Waals surface area contributed by atoms with E-state index in [9.17, 15) is 0 Å². The van der Waals surface area contributed by atoms with Crippen LogP contribution >= 0.6 is 0 Å². The van der Waals surface area contributed by atoms with Gasteiger partial charge in [-0.25, -0.2) is 4.98 Å². The zero-order chi connectivity index (χ0) is 9.42. The van der Waals surface area contributed by atoms with E-state index in [2.05, 4.69) is 14.5 Å². The van der Waals surface area contributed by atoms with Gasteiger partial charge < -0.3 is 15.2 Å². The normalized spacial score (nSPS) is 22.7. The van der Waals surface area contributed by atoms with Gasteiger partial charge in [0.15, 0.2) is 0 Å². The largest absolute Gasteiger partial charge is 0.341 e. The molecule has 0 amide bonds. The van der Waals surface area contributed by atoms with E-state index in [1.54, 1.807) is 0 Å². The fourth-order valence-electron chi connectivity index (χ4n) is 1.87. The lowest BCUT2D eigenvalue weighted by Gasteiger charge is -2.16. The minimum absolute atomic E-state index is 0.317. The molecule has 0 aliphatic carbocycles. The first-order valence-electron chi connectivity index (χ1n) is 4.67. The van der Waals surface area contributed by atoms with Crippen molar-refractivity contribution in [3.63, 3.8) is 0 Å². The van der Waals surface area contributed by atoms with Crippen molar-refractivity contribution in [1.82, 2.24) is 9.55 Å². The molecular formula is C9H16N4. The van der Waals surface area contributed by atoms with Gasteiger partial charge in [-0.3, -0.25) is 0 Å². The number of nitrogens with two attached hydrogens (primary N) is 1. The molecule has 2 rings (SSSR count). The predicted octanol–water partition coefficient (Wildman–Crippen LogP) is 0.266. The van der Waals surface area contributed by atoms with Crippen molar-refractivity contribution in [3.05, 3.63) is 11.9 Å². The maximum Gasteiger partial charge on any atom is 0.205 e. The van der Waals surface area contributed by atoms with Gasteiger partial charge in [0.05, 0.1) is 5.69 Å².